The molecule has 0 radical (unpaired) electrons. The Morgan fingerprint density at radius 3 is 2.70 bits per heavy atom. The number of unbranched alkanes of at least 4 members (excludes halogenated alkanes) is 1. The molecule has 0 saturated carbocycles. The average Bonchev–Trinajstić information content (AvgIpc) is 2.50. The van der Waals surface area contributed by atoms with Crippen molar-refractivity contribution in [1.29, 1.82) is 0 Å². The van der Waals surface area contributed by atoms with E-state index in [-0.39, 0.29) is 5.92 Å². The Kier molecular flexibility index (Phi) is 8.60. The second-order valence-corrected chi connectivity index (χ2v) is 7.20. The quantitative estimate of drug-likeness (QED) is 0.530. The molecule has 1 rings (SSSR count). The molecule has 1 aliphatic rings. The maximum absolute atomic E-state index is 12.1. The van der Waals surface area contributed by atoms with Crippen LogP contribution in [0.4, 0.5) is 0 Å². The SMILES string of the molecule is CCCC1=CC(CCOC)C(CCCCC(C)C)(C(=O)O)C=C1. The van der Waals surface area contributed by atoms with Crippen LogP contribution < -0.4 is 0 Å². The molecule has 1 aliphatic carbocycles. The fourth-order valence-electron chi connectivity index (χ4n) is 3.46. The van der Waals surface area contributed by atoms with E-state index in [0.29, 0.717) is 12.5 Å². The van der Waals surface area contributed by atoms with Gasteiger partial charge in [0.1, 0.15) is 0 Å². The van der Waals surface area contributed by atoms with Gasteiger partial charge >= 0.3 is 5.97 Å². The summed E-state index contributed by atoms with van der Waals surface area (Å²) >= 11 is 0. The van der Waals surface area contributed by atoms with Crippen LogP contribution in [0.5, 0.6) is 0 Å². The summed E-state index contributed by atoms with van der Waals surface area (Å²) in [5, 5.41) is 9.96. The monoisotopic (exact) mass is 322 g/mol. The van der Waals surface area contributed by atoms with Gasteiger partial charge in [0.05, 0.1) is 5.41 Å². The molecule has 0 bridgehead atoms. The zero-order chi connectivity index (χ0) is 17.3. The number of hydrogen-bond donors (Lipinski definition) is 1. The first-order chi connectivity index (χ1) is 11.0. The third-order valence-electron chi connectivity index (χ3n) is 4.86. The van der Waals surface area contributed by atoms with Crippen molar-refractivity contribution in [1.82, 2.24) is 0 Å². The predicted octanol–water partition coefficient (Wildman–Crippen LogP) is 5.22. The first-order valence-corrected chi connectivity index (χ1v) is 9.08. The van der Waals surface area contributed by atoms with Crippen molar-refractivity contribution < 1.29 is 14.6 Å². The van der Waals surface area contributed by atoms with Crippen molar-refractivity contribution in [3.8, 4) is 0 Å². The van der Waals surface area contributed by atoms with Crippen LogP contribution in [0.25, 0.3) is 0 Å². The predicted molar refractivity (Wildman–Crippen MR) is 95.5 cm³/mol. The van der Waals surface area contributed by atoms with Gasteiger partial charge in [0, 0.05) is 13.7 Å². The Bertz CT molecular complexity index is 423. The van der Waals surface area contributed by atoms with E-state index in [1.807, 2.05) is 12.2 Å². The standard InChI is InChI=1S/C20H34O3/c1-5-8-17-10-13-20(19(21)22,12-7-6-9-16(2)3)18(15-17)11-14-23-4/h10,13,15-16,18H,5-9,11-12,14H2,1-4H3,(H,21,22). The third-order valence-corrected chi connectivity index (χ3v) is 4.86. The van der Waals surface area contributed by atoms with Crippen molar-refractivity contribution in [3.63, 3.8) is 0 Å². The first kappa shape index (κ1) is 20.0. The highest BCUT2D eigenvalue weighted by Crippen LogP contribution is 2.43. The van der Waals surface area contributed by atoms with E-state index in [9.17, 15) is 9.90 Å². The van der Waals surface area contributed by atoms with E-state index in [2.05, 4.69) is 26.8 Å². The van der Waals surface area contributed by atoms with Crippen molar-refractivity contribution in [3.05, 3.63) is 23.8 Å². The van der Waals surface area contributed by atoms with Crippen LogP contribution in [-0.4, -0.2) is 24.8 Å². The minimum atomic E-state index is -0.757. The fraction of sp³-hybridized carbons (Fsp3) is 0.750. The Balaban J connectivity index is 2.87. The van der Waals surface area contributed by atoms with E-state index in [4.69, 9.17) is 4.74 Å². The number of carboxylic acid groups (broad SMARTS) is 1. The van der Waals surface area contributed by atoms with Crippen molar-refractivity contribution >= 4 is 5.97 Å². The van der Waals surface area contributed by atoms with E-state index in [1.54, 1.807) is 7.11 Å². The lowest BCUT2D eigenvalue weighted by Gasteiger charge is -2.36. The van der Waals surface area contributed by atoms with Crippen LogP contribution in [0.3, 0.4) is 0 Å². The van der Waals surface area contributed by atoms with Crippen LogP contribution in [0.1, 0.15) is 65.7 Å². The van der Waals surface area contributed by atoms with E-state index < -0.39 is 11.4 Å². The molecule has 0 aromatic heterocycles. The van der Waals surface area contributed by atoms with Crippen LogP contribution in [-0.2, 0) is 9.53 Å². The maximum Gasteiger partial charge on any atom is 0.314 e. The Morgan fingerprint density at radius 2 is 2.13 bits per heavy atom. The number of hydrogen-bond acceptors (Lipinski definition) is 2. The molecule has 0 heterocycles. The Labute approximate surface area is 141 Å². The van der Waals surface area contributed by atoms with Gasteiger partial charge in [-0.05, 0) is 31.1 Å². The number of methoxy groups -OCH3 is 1. The topological polar surface area (TPSA) is 46.5 Å². The van der Waals surface area contributed by atoms with E-state index in [0.717, 1.165) is 38.5 Å². The molecular weight excluding hydrogens is 288 g/mol. The summed E-state index contributed by atoms with van der Waals surface area (Å²) in [6.07, 6.45) is 13.0. The highest BCUT2D eigenvalue weighted by atomic mass is 16.5. The van der Waals surface area contributed by atoms with Gasteiger partial charge < -0.3 is 9.84 Å². The molecule has 2 atom stereocenters. The minimum absolute atomic E-state index is 0.0329. The number of allylic oxidation sites excluding steroid dienone is 3. The molecule has 1 N–H and O–H groups in total. The van der Waals surface area contributed by atoms with E-state index in [1.165, 1.54) is 12.0 Å². The number of carbonyl (C=O) groups is 1. The summed E-state index contributed by atoms with van der Waals surface area (Å²) in [5.41, 5.74) is 0.514. The van der Waals surface area contributed by atoms with Crippen molar-refractivity contribution in [2.45, 2.75) is 65.7 Å². The smallest absolute Gasteiger partial charge is 0.314 e. The van der Waals surface area contributed by atoms with Gasteiger partial charge in [-0.15, -0.1) is 0 Å². The largest absolute Gasteiger partial charge is 0.481 e. The number of rotatable bonds is 11. The molecule has 23 heavy (non-hydrogen) atoms. The summed E-state index contributed by atoms with van der Waals surface area (Å²) in [6.45, 7) is 7.20. The molecule has 0 spiro atoms. The number of aliphatic carboxylic acids is 1. The molecule has 0 aliphatic heterocycles. The van der Waals surface area contributed by atoms with Crippen LogP contribution in [0.2, 0.25) is 0 Å². The van der Waals surface area contributed by atoms with Gasteiger partial charge in [0.15, 0.2) is 0 Å². The highest BCUT2D eigenvalue weighted by Gasteiger charge is 2.43. The van der Waals surface area contributed by atoms with Gasteiger partial charge in [-0.1, -0.05) is 70.3 Å². The lowest BCUT2D eigenvalue weighted by Crippen LogP contribution is -2.38. The fourth-order valence-corrected chi connectivity index (χ4v) is 3.46. The summed E-state index contributed by atoms with van der Waals surface area (Å²) in [7, 11) is 1.68. The van der Waals surface area contributed by atoms with E-state index >= 15 is 0 Å². The molecule has 0 aromatic carbocycles. The Hall–Kier alpha value is -1.09. The molecule has 2 unspecified atom stereocenters. The first-order valence-electron chi connectivity index (χ1n) is 9.08. The third kappa shape index (κ3) is 5.80. The summed E-state index contributed by atoms with van der Waals surface area (Å²) in [6, 6.07) is 0. The zero-order valence-corrected chi connectivity index (χ0v) is 15.3. The summed E-state index contributed by atoms with van der Waals surface area (Å²) < 4.78 is 5.22. The number of carboxylic acids is 1. The lowest BCUT2D eigenvalue weighted by molar-refractivity contribution is -0.149. The van der Waals surface area contributed by atoms with Gasteiger partial charge in [-0.2, -0.15) is 0 Å². The van der Waals surface area contributed by atoms with Gasteiger partial charge in [0.25, 0.3) is 0 Å². The van der Waals surface area contributed by atoms with Gasteiger partial charge in [0.2, 0.25) is 0 Å². The molecule has 0 aromatic rings. The second kappa shape index (κ2) is 9.92. The van der Waals surface area contributed by atoms with Crippen molar-refractivity contribution in [2.75, 3.05) is 13.7 Å². The lowest BCUT2D eigenvalue weighted by atomic mass is 9.67. The van der Waals surface area contributed by atoms with Crippen LogP contribution in [0, 0.1) is 17.3 Å². The zero-order valence-electron chi connectivity index (χ0n) is 15.3. The van der Waals surface area contributed by atoms with Gasteiger partial charge in [-0.25, -0.2) is 0 Å². The second-order valence-electron chi connectivity index (χ2n) is 7.20. The summed E-state index contributed by atoms with van der Waals surface area (Å²) in [5.74, 6) is 0.0229. The number of ether oxygens (including phenoxy) is 1. The molecule has 0 saturated heterocycles. The van der Waals surface area contributed by atoms with Crippen LogP contribution in [0.15, 0.2) is 23.8 Å². The van der Waals surface area contributed by atoms with Crippen molar-refractivity contribution in [2.24, 2.45) is 17.3 Å². The molecule has 132 valence electrons. The summed E-state index contributed by atoms with van der Waals surface area (Å²) in [4.78, 5) is 12.1. The Morgan fingerprint density at radius 1 is 1.39 bits per heavy atom. The van der Waals surface area contributed by atoms with Crippen LogP contribution >= 0.6 is 0 Å². The van der Waals surface area contributed by atoms with Gasteiger partial charge in [-0.3, -0.25) is 4.79 Å². The molecule has 3 nitrogen and oxygen atoms in total. The molecular formula is C20H34O3. The highest BCUT2D eigenvalue weighted by molar-refractivity contribution is 5.78. The minimum Gasteiger partial charge on any atom is -0.481 e. The maximum atomic E-state index is 12.1. The normalized spacial score (nSPS) is 24.0. The molecule has 0 amide bonds. The molecule has 3 heteroatoms. The average molecular weight is 322 g/mol. The molecule has 0 fully saturated rings.